The Balaban J connectivity index is 1.93. The second-order valence-corrected chi connectivity index (χ2v) is 10.0. The molecule has 1 saturated carbocycles. The van der Waals surface area contributed by atoms with Gasteiger partial charge in [0.25, 0.3) is 0 Å². The van der Waals surface area contributed by atoms with Crippen molar-refractivity contribution in [1.82, 2.24) is 19.7 Å². The number of aromatic nitrogens is 3. The molecule has 0 aliphatic heterocycles. The summed E-state index contributed by atoms with van der Waals surface area (Å²) in [6.45, 7) is 10.2. The van der Waals surface area contributed by atoms with Crippen LogP contribution in [0.2, 0.25) is 5.02 Å². The topological polar surface area (TPSA) is 51.0 Å². The van der Waals surface area contributed by atoms with Crippen LogP contribution < -0.4 is 0 Å². The highest BCUT2D eigenvalue weighted by Crippen LogP contribution is 2.39. The number of carbonyl (C=O) groups is 1. The van der Waals surface area contributed by atoms with E-state index in [1.165, 1.54) is 24.6 Å². The van der Waals surface area contributed by atoms with Crippen molar-refractivity contribution in [3.05, 3.63) is 29.3 Å². The molecular weight excluding hydrogens is 404 g/mol. The Kier molecular flexibility index (Phi) is 7.28. The Morgan fingerprint density at radius 2 is 1.72 bits per heavy atom. The van der Waals surface area contributed by atoms with Crippen molar-refractivity contribution in [2.24, 2.45) is 0 Å². The zero-order valence-corrected chi connectivity index (χ0v) is 19.5. The Morgan fingerprint density at radius 3 is 2.31 bits per heavy atom. The third-order valence-corrected chi connectivity index (χ3v) is 6.84. The molecule has 5 nitrogen and oxygen atoms in total. The SMILES string of the molecule is CC(Sc1nnc(-c2ccccc2Cl)n1C1CCCC1)C(=O)N(C(C)C)C(C)C. The molecule has 1 aromatic carbocycles. The molecule has 0 bridgehead atoms. The van der Waals surface area contributed by atoms with E-state index in [4.69, 9.17) is 11.6 Å². The van der Waals surface area contributed by atoms with Crippen LogP contribution in [0.4, 0.5) is 0 Å². The van der Waals surface area contributed by atoms with E-state index in [0.717, 1.165) is 29.4 Å². The van der Waals surface area contributed by atoms with Gasteiger partial charge in [0.2, 0.25) is 5.91 Å². The van der Waals surface area contributed by atoms with Crippen molar-refractivity contribution in [3.63, 3.8) is 0 Å². The number of halogens is 1. The Morgan fingerprint density at radius 1 is 1.10 bits per heavy atom. The quantitative estimate of drug-likeness (QED) is 0.513. The minimum Gasteiger partial charge on any atom is -0.337 e. The lowest BCUT2D eigenvalue weighted by Gasteiger charge is -2.32. The smallest absolute Gasteiger partial charge is 0.236 e. The van der Waals surface area contributed by atoms with Gasteiger partial charge in [0.05, 0.1) is 10.3 Å². The number of thioether (sulfide) groups is 1. The van der Waals surface area contributed by atoms with Gasteiger partial charge < -0.3 is 4.90 Å². The van der Waals surface area contributed by atoms with E-state index in [2.05, 4.69) is 42.5 Å². The van der Waals surface area contributed by atoms with E-state index in [-0.39, 0.29) is 23.2 Å². The average molecular weight is 435 g/mol. The van der Waals surface area contributed by atoms with Crippen LogP contribution in [0.25, 0.3) is 11.4 Å². The largest absolute Gasteiger partial charge is 0.337 e. The van der Waals surface area contributed by atoms with Gasteiger partial charge in [-0.15, -0.1) is 10.2 Å². The highest BCUT2D eigenvalue weighted by Gasteiger charge is 2.30. The van der Waals surface area contributed by atoms with E-state index in [0.29, 0.717) is 11.1 Å². The number of hydrogen-bond donors (Lipinski definition) is 0. The Labute approximate surface area is 183 Å². The van der Waals surface area contributed by atoms with Crippen LogP contribution in [0, 0.1) is 0 Å². The standard InChI is InChI=1S/C22H31ClN4OS/c1-14(2)26(15(3)4)21(28)16(5)29-22-25-24-20(18-12-8-9-13-19(18)23)27(22)17-10-6-7-11-17/h8-9,12-17H,6-7,10-11H2,1-5H3. The summed E-state index contributed by atoms with van der Waals surface area (Å²) in [7, 11) is 0. The van der Waals surface area contributed by atoms with Gasteiger partial charge in [-0.3, -0.25) is 9.36 Å². The molecule has 29 heavy (non-hydrogen) atoms. The van der Waals surface area contributed by atoms with Crippen LogP contribution >= 0.6 is 23.4 Å². The number of hydrogen-bond acceptors (Lipinski definition) is 4. The molecule has 1 aliphatic rings. The summed E-state index contributed by atoms with van der Waals surface area (Å²) in [6.07, 6.45) is 4.63. The first-order valence-electron chi connectivity index (χ1n) is 10.5. The maximum atomic E-state index is 13.1. The molecule has 158 valence electrons. The third-order valence-electron chi connectivity index (χ3n) is 5.47. The predicted molar refractivity (Wildman–Crippen MR) is 120 cm³/mol. The summed E-state index contributed by atoms with van der Waals surface area (Å²) >= 11 is 7.97. The first-order chi connectivity index (χ1) is 13.8. The number of amides is 1. The zero-order valence-electron chi connectivity index (χ0n) is 17.9. The van der Waals surface area contributed by atoms with Gasteiger partial charge in [-0.25, -0.2) is 0 Å². The molecule has 0 N–H and O–H groups in total. The summed E-state index contributed by atoms with van der Waals surface area (Å²) in [5, 5.41) is 10.2. The molecule has 1 unspecified atom stereocenters. The molecule has 0 radical (unpaired) electrons. The third kappa shape index (κ3) is 4.80. The number of rotatable bonds is 7. The summed E-state index contributed by atoms with van der Waals surface area (Å²) < 4.78 is 2.22. The van der Waals surface area contributed by atoms with Gasteiger partial charge >= 0.3 is 0 Å². The minimum absolute atomic E-state index is 0.139. The van der Waals surface area contributed by atoms with E-state index in [1.54, 1.807) is 0 Å². The number of benzene rings is 1. The Bertz CT molecular complexity index is 837. The molecule has 7 heteroatoms. The van der Waals surface area contributed by atoms with Gasteiger partial charge in [0.15, 0.2) is 11.0 Å². The molecule has 2 aromatic rings. The zero-order chi connectivity index (χ0) is 21.1. The van der Waals surface area contributed by atoms with Crippen LogP contribution in [0.15, 0.2) is 29.4 Å². The van der Waals surface area contributed by atoms with E-state index in [1.807, 2.05) is 36.1 Å². The van der Waals surface area contributed by atoms with Crippen molar-refractivity contribution in [2.75, 3.05) is 0 Å². The first-order valence-corrected chi connectivity index (χ1v) is 11.8. The maximum Gasteiger partial charge on any atom is 0.236 e. The minimum atomic E-state index is -0.233. The van der Waals surface area contributed by atoms with E-state index < -0.39 is 0 Å². The molecule has 1 aliphatic carbocycles. The average Bonchev–Trinajstić information content (AvgIpc) is 3.31. The maximum absolute atomic E-state index is 13.1. The van der Waals surface area contributed by atoms with E-state index >= 15 is 0 Å². The van der Waals surface area contributed by atoms with Crippen molar-refractivity contribution in [1.29, 1.82) is 0 Å². The molecule has 1 fully saturated rings. The number of nitrogens with zero attached hydrogens (tertiary/aromatic N) is 4. The van der Waals surface area contributed by atoms with Crippen molar-refractivity contribution in [2.45, 2.75) is 88.8 Å². The molecule has 1 amide bonds. The van der Waals surface area contributed by atoms with Crippen LogP contribution in [0.3, 0.4) is 0 Å². The van der Waals surface area contributed by atoms with Crippen molar-refractivity contribution in [3.8, 4) is 11.4 Å². The van der Waals surface area contributed by atoms with Crippen molar-refractivity contribution < 1.29 is 4.79 Å². The lowest BCUT2D eigenvalue weighted by Crippen LogP contribution is -2.45. The lowest BCUT2D eigenvalue weighted by molar-refractivity contribution is -0.133. The summed E-state index contributed by atoms with van der Waals surface area (Å²) in [5.41, 5.74) is 0.894. The highest BCUT2D eigenvalue weighted by atomic mass is 35.5. The van der Waals surface area contributed by atoms with Crippen molar-refractivity contribution >= 4 is 29.3 Å². The first kappa shape index (κ1) is 22.2. The highest BCUT2D eigenvalue weighted by molar-refractivity contribution is 8.00. The van der Waals surface area contributed by atoms with Gasteiger partial charge in [0.1, 0.15) is 0 Å². The molecule has 0 saturated heterocycles. The van der Waals surface area contributed by atoms with Gasteiger partial charge in [-0.05, 0) is 59.6 Å². The molecule has 0 spiro atoms. The molecule has 1 heterocycles. The summed E-state index contributed by atoms with van der Waals surface area (Å²) in [4.78, 5) is 15.1. The van der Waals surface area contributed by atoms with Crippen LogP contribution in [-0.4, -0.2) is 42.9 Å². The van der Waals surface area contributed by atoms with Crippen LogP contribution in [0.5, 0.6) is 0 Å². The summed E-state index contributed by atoms with van der Waals surface area (Å²) in [6, 6.07) is 8.44. The van der Waals surface area contributed by atoms with Gasteiger partial charge in [-0.2, -0.15) is 0 Å². The summed E-state index contributed by atoms with van der Waals surface area (Å²) in [5.74, 6) is 0.939. The fourth-order valence-corrected chi connectivity index (χ4v) is 5.39. The molecule has 3 rings (SSSR count). The van der Waals surface area contributed by atoms with Crippen LogP contribution in [0.1, 0.15) is 66.3 Å². The second-order valence-electron chi connectivity index (χ2n) is 8.29. The van der Waals surface area contributed by atoms with E-state index in [9.17, 15) is 4.79 Å². The number of carbonyl (C=O) groups excluding carboxylic acids is 1. The lowest BCUT2D eigenvalue weighted by atomic mass is 10.2. The second kappa shape index (κ2) is 9.52. The monoisotopic (exact) mass is 434 g/mol. The van der Waals surface area contributed by atoms with Crippen LogP contribution in [-0.2, 0) is 4.79 Å². The fourth-order valence-electron chi connectivity index (χ4n) is 4.20. The normalized spacial score (nSPS) is 16.0. The van der Waals surface area contributed by atoms with Gasteiger partial charge in [-0.1, -0.05) is 48.3 Å². The predicted octanol–water partition coefficient (Wildman–Crippen LogP) is 5.84. The fraction of sp³-hybridized carbons (Fsp3) is 0.591. The molecule has 1 atom stereocenters. The Hall–Kier alpha value is -1.53. The molecular formula is C22H31ClN4OS. The van der Waals surface area contributed by atoms with Gasteiger partial charge in [0, 0.05) is 23.7 Å². The molecule has 1 aromatic heterocycles.